The molecule has 1 fully saturated rings. The molecule has 4 nitrogen and oxygen atoms in total. The van der Waals surface area contributed by atoms with Crippen molar-refractivity contribution in [1.82, 2.24) is 9.88 Å². The summed E-state index contributed by atoms with van der Waals surface area (Å²) in [6.07, 6.45) is 3.75. The van der Waals surface area contributed by atoms with Crippen LogP contribution in [0.3, 0.4) is 0 Å². The van der Waals surface area contributed by atoms with Crippen LogP contribution in [0.4, 0.5) is 0 Å². The summed E-state index contributed by atoms with van der Waals surface area (Å²) in [7, 11) is 0. The van der Waals surface area contributed by atoms with E-state index < -0.39 is 0 Å². The molecule has 0 bridgehead atoms. The molecule has 0 saturated carbocycles. The topological polar surface area (TPSA) is 42.4 Å². The molecule has 2 aromatic rings. The molecule has 0 radical (unpaired) electrons. The number of rotatable bonds is 5. The quantitative estimate of drug-likeness (QED) is 0.783. The highest BCUT2D eigenvalue weighted by molar-refractivity contribution is 7.09. The Hall–Kier alpha value is -1.43. The van der Waals surface area contributed by atoms with Crippen LogP contribution in [0.2, 0.25) is 5.15 Å². The summed E-state index contributed by atoms with van der Waals surface area (Å²) in [6.45, 7) is 1.93. The Bertz CT molecular complexity index is 627. The van der Waals surface area contributed by atoms with Gasteiger partial charge in [-0.1, -0.05) is 17.7 Å². The second kappa shape index (κ2) is 7.22. The van der Waals surface area contributed by atoms with Crippen LogP contribution in [-0.4, -0.2) is 35.0 Å². The van der Waals surface area contributed by atoms with Gasteiger partial charge in [-0.2, -0.15) is 0 Å². The maximum Gasteiger partial charge on any atom is 0.257 e. The number of amides is 1. The summed E-state index contributed by atoms with van der Waals surface area (Å²) in [6, 6.07) is 7.47. The molecular formula is C16H17ClN2O2S. The zero-order valence-electron chi connectivity index (χ0n) is 12.1. The van der Waals surface area contributed by atoms with Crippen molar-refractivity contribution in [2.24, 2.45) is 0 Å². The van der Waals surface area contributed by atoms with Gasteiger partial charge in [-0.3, -0.25) is 4.79 Å². The average Bonchev–Trinajstić information content (AvgIpc) is 3.20. The first kappa shape index (κ1) is 15.5. The number of ether oxygens (including phenoxy) is 1. The summed E-state index contributed by atoms with van der Waals surface area (Å²) in [4.78, 5) is 19.8. The number of carbonyl (C=O) groups is 1. The number of hydrogen-bond acceptors (Lipinski definition) is 4. The minimum Gasteiger partial charge on any atom is -0.376 e. The standard InChI is InChI=1S/C16H17ClN2O2S/c17-15-14(6-1-7-18-15)16(20)19(10-12-4-2-8-21-12)11-13-5-3-9-22-13/h1,3,5-7,9,12H,2,4,8,10-11H2. The lowest BCUT2D eigenvalue weighted by Gasteiger charge is -2.25. The second-order valence-electron chi connectivity index (χ2n) is 5.24. The highest BCUT2D eigenvalue weighted by Crippen LogP contribution is 2.21. The van der Waals surface area contributed by atoms with Gasteiger partial charge in [0.15, 0.2) is 0 Å². The van der Waals surface area contributed by atoms with Gasteiger partial charge in [0.2, 0.25) is 0 Å². The minimum atomic E-state index is -0.0954. The Labute approximate surface area is 138 Å². The van der Waals surface area contributed by atoms with Crippen molar-refractivity contribution in [1.29, 1.82) is 0 Å². The molecule has 22 heavy (non-hydrogen) atoms. The first-order valence-corrected chi connectivity index (χ1v) is 8.53. The minimum absolute atomic E-state index is 0.0954. The van der Waals surface area contributed by atoms with Gasteiger partial charge >= 0.3 is 0 Å². The number of aromatic nitrogens is 1. The molecule has 3 rings (SSSR count). The Morgan fingerprint density at radius 3 is 3.05 bits per heavy atom. The third kappa shape index (κ3) is 3.66. The van der Waals surface area contributed by atoms with Gasteiger partial charge in [0.1, 0.15) is 5.15 Å². The predicted octanol–water partition coefficient (Wildman–Crippen LogP) is 3.62. The maximum absolute atomic E-state index is 12.8. The third-order valence-electron chi connectivity index (χ3n) is 3.65. The fourth-order valence-corrected chi connectivity index (χ4v) is 3.48. The lowest BCUT2D eigenvalue weighted by Crippen LogP contribution is -2.37. The van der Waals surface area contributed by atoms with E-state index in [1.807, 2.05) is 22.4 Å². The van der Waals surface area contributed by atoms with E-state index in [0.29, 0.717) is 18.7 Å². The van der Waals surface area contributed by atoms with Crippen LogP contribution in [0.15, 0.2) is 35.8 Å². The van der Waals surface area contributed by atoms with Gasteiger partial charge in [0, 0.05) is 24.2 Å². The van der Waals surface area contributed by atoms with Gasteiger partial charge in [0.05, 0.1) is 18.2 Å². The summed E-state index contributed by atoms with van der Waals surface area (Å²) in [5, 5.41) is 2.26. The van der Waals surface area contributed by atoms with Crippen LogP contribution < -0.4 is 0 Å². The molecule has 2 aromatic heterocycles. The molecule has 0 spiro atoms. The van der Waals surface area contributed by atoms with Gasteiger partial charge < -0.3 is 9.64 Å². The van der Waals surface area contributed by atoms with E-state index in [2.05, 4.69) is 4.98 Å². The molecule has 116 valence electrons. The first-order valence-electron chi connectivity index (χ1n) is 7.28. The van der Waals surface area contributed by atoms with Crippen molar-refractivity contribution < 1.29 is 9.53 Å². The Kier molecular flexibility index (Phi) is 5.08. The third-order valence-corrected chi connectivity index (χ3v) is 4.81. The highest BCUT2D eigenvalue weighted by Gasteiger charge is 2.25. The zero-order chi connectivity index (χ0) is 15.4. The van der Waals surface area contributed by atoms with Gasteiger partial charge in [0.25, 0.3) is 5.91 Å². The molecule has 0 aromatic carbocycles. The average molecular weight is 337 g/mol. The summed E-state index contributed by atoms with van der Waals surface area (Å²) < 4.78 is 5.68. The fraction of sp³-hybridized carbons (Fsp3) is 0.375. The van der Waals surface area contributed by atoms with Crippen molar-refractivity contribution in [2.45, 2.75) is 25.5 Å². The van der Waals surface area contributed by atoms with E-state index in [0.717, 1.165) is 24.3 Å². The fourth-order valence-electron chi connectivity index (χ4n) is 2.56. The normalized spacial score (nSPS) is 17.6. The lowest BCUT2D eigenvalue weighted by molar-refractivity contribution is 0.0509. The number of pyridine rings is 1. The largest absolute Gasteiger partial charge is 0.376 e. The van der Waals surface area contributed by atoms with Crippen molar-refractivity contribution in [3.8, 4) is 0 Å². The monoisotopic (exact) mass is 336 g/mol. The molecule has 1 atom stereocenters. The maximum atomic E-state index is 12.8. The van der Waals surface area contributed by atoms with Crippen molar-refractivity contribution >= 4 is 28.8 Å². The molecule has 3 heterocycles. The van der Waals surface area contributed by atoms with E-state index in [-0.39, 0.29) is 17.2 Å². The SMILES string of the molecule is O=C(c1cccnc1Cl)N(Cc1cccs1)CC1CCCO1. The zero-order valence-corrected chi connectivity index (χ0v) is 13.6. The Balaban J connectivity index is 1.80. The van der Waals surface area contributed by atoms with E-state index in [1.54, 1.807) is 29.7 Å². The Morgan fingerprint density at radius 1 is 1.45 bits per heavy atom. The number of carbonyl (C=O) groups excluding carboxylic acids is 1. The lowest BCUT2D eigenvalue weighted by atomic mass is 10.2. The number of halogens is 1. The molecule has 1 unspecified atom stereocenters. The Morgan fingerprint density at radius 2 is 2.36 bits per heavy atom. The van der Waals surface area contributed by atoms with E-state index in [4.69, 9.17) is 16.3 Å². The smallest absolute Gasteiger partial charge is 0.257 e. The van der Waals surface area contributed by atoms with Crippen molar-refractivity contribution in [3.63, 3.8) is 0 Å². The van der Waals surface area contributed by atoms with Gasteiger partial charge in [-0.15, -0.1) is 11.3 Å². The molecular weight excluding hydrogens is 320 g/mol. The number of hydrogen-bond donors (Lipinski definition) is 0. The second-order valence-corrected chi connectivity index (χ2v) is 6.63. The molecule has 0 N–H and O–H groups in total. The molecule has 1 aliphatic heterocycles. The summed E-state index contributed by atoms with van der Waals surface area (Å²) in [5.74, 6) is -0.0954. The number of nitrogens with zero attached hydrogens (tertiary/aromatic N) is 2. The number of thiophene rings is 1. The van der Waals surface area contributed by atoms with E-state index in [1.165, 1.54) is 0 Å². The molecule has 0 aliphatic carbocycles. The highest BCUT2D eigenvalue weighted by atomic mass is 35.5. The first-order chi connectivity index (χ1) is 10.7. The van der Waals surface area contributed by atoms with Crippen LogP contribution in [-0.2, 0) is 11.3 Å². The van der Waals surface area contributed by atoms with Gasteiger partial charge in [-0.25, -0.2) is 4.98 Å². The van der Waals surface area contributed by atoms with Crippen LogP contribution in [0.25, 0.3) is 0 Å². The van der Waals surface area contributed by atoms with Crippen molar-refractivity contribution in [3.05, 3.63) is 51.4 Å². The summed E-state index contributed by atoms with van der Waals surface area (Å²) in [5.41, 5.74) is 0.443. The van der Waals surface area contributed by atoms with Crippen LogP contribution in [0, 0.1) is 0 Å². The van der Waals surface area contributed by atoms with Crippen LogP contribution in [0.5, 0.6) is 0 Å². The predicted molar refractivity (Wildman–Crippen MR) is 87.3 cm³/mol. The van der Waals surface area contributed by atoms with Crippen LogP contribution in [0.1, 0.15) is 28.1 Å². The van der Waals surface area contributed by atoms with E-state index >= 15 is 0 Å². The van der Waals surface area contributed by atoms with Crippen molar-refractivity contribution in [2.75, 3.05) is 13.2 Å². The van der Waals surface area contributed by atoms with E-state index in [9.17, 15) is 4.79 Å². The van der Waals surface area contributed by atoms with Gasteiger partial charge in [-0.05, 0) is 36.4 Å². The molecule has 1 aliphatic rings. The van der Waals surface area contributed by atoms with Crippen LogP contribution >= 0.6 is 22.9 Å². The molecule has 1 amide bonds. The molecule has 6 heteroatoms. The molecule has 1 saturated heterocycles. The summed E-state index contributed by atoms with van der Waals surface area (Å²) >= 11 is 7.72.